The van der Waals surface area contributed by atoms with E-state index in [0.29, 0.717) is 6.54 Å². The Morgan fingerprint density at radius 1 is 1.29 bits per heavy atom. The second-order valence-electron chi connectivity index (χ2n) is 6.37. The van der Waals surface area contributed by atoms with Crippen molar-refractivity contribution in [2.75, 3.05) is 25.0 Å². The van der Waals surface area contributed by atoms with Crippen LogP contribution in [0.2, 0.25) is 0 Å². The third kappa shape index (κ3) is 4.16. The average Bonchev–Trinajstić information content (AvgIpc) is 3.09. The normalized spacial score (nSPS) is 13.7. The molecule has 10 heteroatoms. The summed E-state index contributed by atoms with van der Waals surface area (Å²) in [7, 11) is 0. The number of rotatable bonds is 5. The summed E-state index contributed by atoms with van der Waals surface area (Å²) < 4.78 is 39.2. The molecule has 0 saturated carbocycles. The molecule has 1 aliphatic heterocycles. The molecule has 3 N–H and O–H groups in total. The second-order valence-corrected chi connectivity index (χ2v) is 6.37. The molecule has 0 spiro atoms. The lowest BCUT2D eigenvalue weighted by Gasteiger charge is -2.21. The van der Waals surface area contributed by atoms with E-state index in [1.54, 1.807) is 6.92 Å². The Kier molecular flexibility index (Phi) is 5.68. The number of amides is 2. The number of carbonyl (C=O) groups is 2. The number of benzene rings is 1. The van der Waals surface area contributed by atoms with Crippen LogP contribution in [0.15, 0.2) is 24.3 Å². The molecule has 1 aliphatic rings. The molecular weight excluding hydrogens is 375 g/mol. The highest BCUT2D eigenvalue weighted by Gasteiger charge is 2.34. The van der Waals surface area contributed by atoms with Crippen LogP contribution in [0.25, 0.3) is 0 Å². The third-order valence-corrected chi connectivity index (χ3v) is 4.52. The van der Waals surface area contributed by atoms with Gasteiger partial charge in [0.15, 0.2) is 5.69 Å². The molecular formula is C18H20F3N5O2. The van der Waals surface area contributed by atoms with Gasteiger partial charge in [-0.15, -0.1) is 0 Å². The molecule has 28 heavy (non-hydrogen) atoms. The van der Waals surface area contributed by atoms with Gasteiger partial charge in [-0.1, -0.05) is 12.1 Å². The number of aromatic nitrogens is 2. The van der Waals surface area contributed by atoms with E-state index < -0.39 is 23.6 Å². The van der Waals surface area contributed by atoms with Crippen molar-refractivity contribution in [3.8, 4) is 0 Å². The van der Waals surface area contributed by atoms with Crippen LogP contribution in [0.3, 0.4) is 0 Å². The van der Waals surface area contributed by atoms with Crippen molar-refractivity contribution < 1.29 is 22.8 Å². The molecule has 0 saturated heterocycles. The largest absolute Gasteiger partial charge is 0.418 e. The number of hydrogen-bond acceptors (Lipinski definition) is 4. The minimum atomic E-state index is -4.59. The van der Waals surface area contributed by atoms with Crippen LogP contribution in [0, 0.1) is 0 Å². The summed E-state index contributed by atoms with van der Waals surface area (Å²) in [4.78, 5) is 26.3. The summed E-state index contributed by atoms with van der Waals surface area (Å²) in [6.07, 6.45) is -3.87. The molecule has 150 valence electrons. The van der Waals surface area contributed by atoms with Crippen molar-refractivity contribution in [1.82, 2.24) is 20.4 Å². The Bertz CT molecular complexity index is 878. The minimum absolute atomic E-state index is 0.211. The monoisotopic (exact) mass is 395 g/mol. The maximum atomic E-state index is 13.1. The molecule has 0 aliphatic carbocycles. The van der Waals surface area contributed by atoms with Crippen LogP contribution in [-0.2, 0) is 23.9 Å². The highest BCUT2D eigenvalue weighted by atomic mass is 19.4. The van der Waals surface area contributed by atoms with Crippen LogP contribution < -0.4 is 10.6 Å². The number of carbonyl (C=O) groups excluding carboxylic acids is 2. The summed E-state index contributed by atoms with van der Waals surface area (Å²) >= 11 is 0. The van der Waals surface area contributed by atoms with Gasteiger partial charge >= 0.3 is 6.18 Å². The number of likely N-dealkylation sites (N-methyl/N-ethyl adjacent to an activating group) is 1. The number of alkyl halides is 3. The molecule has 2 aromatic rings. The maximum Gasteiger partial charge on any atom is 0.418 e. The Hall–Kier alpha value is -2.88. The zero-order valence-corrected chi connectivity index (χ0v) is 15.2. The lowest BCUT2D eigenvalue weighted by atomic mass is 10.1. The van der Waals surface area contributed by atoms with Gasteiger partial charge in [0.2, 0.25) is 5.91 Å². The van der Waals surface area contributed by atoms with E-state index in [4.69, 9.17) is 0 Å². The fourth-order valence-corrected chi connectivity index (χ4v) is 3.08. The average molecular weight is 395 g/mol. The first-order valence-corrected chi connectivity index (χ1v) is 8.83. The molecule has 1 aromatic heterocycles. The van der Waals surface area contributed by atoms with Crippen LogP contribution in [0.5, 0.6) is 0 Å². The van der Waals surface area contributed by atoms with E-state index in [1.165, 1.54) is 23.1 Å². The molecule has 2 amide bonds. The van der Waals surface area contributed by atoms with Gasteiger partial charge in [0.25, 0.3) is 5.91 Å². The highest BCUT2D eigenvalue weighted by Crippen LogP contribution is 2.34. The van der Waals surface area contributed by atoms with E-state index >= 15 is 0 Å². The van der Waals surface area contributed by atoms with E-state index in [0.717, 1.165) is 30.3 Å². The number of anilines is 1. The summed E-state index contributed by atoms with van der Waals surface area (Å²) in [5.74, 6) is -1.16. The van der Waals surface area contributed by atoms with E-state index in [9.17, 15) is 22.8 Å². The van der Waals surface area contributed by atoms with Crippen LogP contribution >= 0.6 is 0 Å². The Balaban J connectivity index is 1.72. The van der Waals surface area contributed by atoms with Crippen LogP contribution in [-0.4, -0.2) is 46.5 Å². The predicted molar refractivity (Wildman–Crippen MR) is 95.6 cm³/mol. The van der Waals surface area contributed by atoms with Crippen LogP contribution in [0.4, 0.5) is 18.9 Å². The van der Waals surface area contributed by atoms with Crippen molar-refractivity contribution in [2.24, 2.45) is 0 Å². The summed E-state index contributed by atoms with van der Waals surface area (Å²) in [6.45, 7) is 2.79. The summed E-state index contributed by atoms with van der Waals surface area (Å²) in [5, 5.41) is 12.3. The van der Waals surface area contributed by atoms with Crippen molar-refractivity contribution in [3.05, 3.63) is 46.8 Å². The molecule has 2 heterocycles. The molecule has 1 aromatic carbocycles. The zero-order chi connectivity index (χ0) is 20.3. The van der Waals surface area contributed by atoms with Gasteiger partial charge in [-0.05, 0) is 19.1 Å². The number of fused-ring (bicyclic) bond motifs is 1. The minimum Gasteiger partial charge on any atom is -0.328 e. The topological polar surface area (TPSA) is 90.1 Å². The quantitative estimate of drug-likeness (QED) is 0.724. The van der Waals surface area contributed by atoms with Gasteiger partial charge < -0.3 is 15.5 Å². The number of nitrogens with zero attached hydrogens (tertiary/aromatic N) is 2. The smallest absolute Gasteiger partial charge is 0.328 e. The first kappa shape index (κ1) is 19.9. The maximum absolute atomic E-state index is 13.1. The number of H-pyrrole nitrogens is 1. The lowest BCUT2D eigenvalue weighted by Crippen LogP contribution is -2.39. The molecule has 7 nitrogen and oxygen atoms in total. The van der Waals surface area contributed by atoms with Crippen molar-refractivity contribution in [2.45, 2.75) is 26.1 Å². The molecule has 0 unspecified atom stereocenters. The van der Waals surface area contributed by atoms with Crippen LogP contribution in [0.1, 0.15) is 34.2 Å². The fraction of sp³-hybridized carbons (Fsp3) is 0.389. The van der Waals surface area contributed by atoms with Gasteiger partial charge in [-0.2, -0.15) is 18.3 Å². The third-order valence-electron chi connectivity index (χ3n) is 4.52. The first-order chi connectivity index (χ1) is 13.3. The van der Waals surface area contributed by atoms with Gasteiger partial charge in [0.05, 0.1) is 11.3 Å². The molecule has 3 rings (SSSR count). The van der Waals surface area contributed by atoms with Gasteiger partial charge in [-0.25, -0.2) is 0 Å². The summed E-state index contributed by atoms with van der Waals surface area (Å²) in [6, 6.07) is 4.71. The fourth-order valence-electron chi connectivity index (χ4n) is 3.08. The first-order valence-electron chi connectivity index (χ1n) is 8.83. The van der Waals surface area contributed by atoms with E-state index in [-0.39, 0.29) is 24.5 Å². The SMILES string of the molecule is CCN(CC(=O)Nc1ccccc1C(F)(F)F)C(=O)c1n[nH]c2c1CNCC2. The number of halogens is 3. The van der Waals surface area contributed by atoms with Gasteiger partial charge in [-0.3, -0.25) is 14.7 Å². The zero-order valence-electron chi connectivity index (χ0n) is 15.2. The Morgan fingerprint density at radius 2 is 2.04 bits per heavy atom. The van der Waals surface area contributed by atoms with Gasteiger partial charge in [0, 0.05) is 37.3 Å². The number of nitrogens with one attached hydrogen (secondary N) is 3. The standard InChI is InChI=1S/C18H20F3N5O2/c1-2-26(17(28)16-11-9-22-8-7-13(11)24-25-16)10-15(27)23-14-6-4-3-5-12(14)18(19,20)21/h3-6,22H,2,7-10H2,1H3,(H,23,27)(H,24,25). The van der Waals surface area contributed by atoms with E-state index in [2.05, 4.69) is 20.8 Å². The molecule has 0 atom stereocenters. The Labute approximate surface area is 159 Å². The second kappa shape index (κ2) is 8.01. The van der Waals surface area contributed by atoms with Crippen molar-refractivity contribution in [3.63, 3.8) is 0 Å². The van der Waals surface area contributed by atoms with Crippen molar-refractivity contribution >= 4 is 17.5 Å². The predicted octanol–water partition coefficient (Wildman–Crippen LogP) is 2.18. The molecule has 0 bridgehead atoms. The number of aromatic amines is 1. The van der Waals surface area contributed by atoms with Crippen molar-refractivity contribution in [1.29, 1.82) is 0 Å². The van der Waals surface area contributed by atoms with E-state index in [1.807, 2.05) is 0 Å². The number of hydrogen-bond donors (Lipinski definition) is 3. The summed E-state index contributed by atoms with van der Waals surface area (Å²) in [5.41, 5.74) is 0.585. The highest BCUT2D eigenvalue weighted by molar-refractivity contribution is 5.99. The molecule has 0 radical (unpaired) electrons. The Morgan fingerprint density at radius 3 is 2.75 bits per heavy atom. The number of para-hydroxylation sites is 1. The van der Waals surface area contributed by atoms with Gasteiger partial charge in [0.1, 0.15) is 6.54 Å². The lowest BCUT2D eigenvalue weighted by molar-refractivity contribution is -0.137. The molecule has 0 fully saturated rings.